The summed E-state index contributed by atoms with van der Waals surface area (Å²) in [5.74, 6) is 0.323. The minimum atomic E-state index is -0.412. The standard InChI is InChI=1S/C12H19NO/c1-4-10(5-2)12(14)11-8-9(3)6-7-13-11/h6-8,10,12,14H,4-5H2,1-3H3. The molecule has 1 rings (SSSR count). The molecule has 0 aliphatic rings. The van der Waals surface area contributed by atoms with Gasteiger partial charge < -0.3 is 5.11 Å². The van der Waals surface area contributed by atoms with E-state index in [-0.39, 0.29) is 0 Å². The number of aromatic nitrogens is 1. The van der Waals surface area contributed by atoms with Crippen molar-refractivity contribution in [2.24, 2.45) is 5.92 Å². The zero-order chi connectivity index (χ0) is 10.6. The minimum absolute atomic E-state index is 0.323. The molecule has 1 atom stereocenters. The predicted molar refractivity (Wildman–Crippen MR) is 58.0 cm³/mol. The van der Waals surface area contributed by atoms with E-state index in [0.29, 0.717) is 5.92 Å². The van der Waals surface area contributed by atoms with Gasteiger partial charge in [0, 0.05) is 6.20 Å². The molecule has 2 heteroatoms. The van der Waals surface area contributed by atoms with Gasteiger partial charge in [0.05, 0.1) is 11.8 Å². The van der Waals surface area contributed by atoms with Gasteiger partial charge >= 0.3 is 0 Å². The number of aliphatic hydroxyl groups excluding tert-OH is 1. The fourth-order valence-corrected chi connectivity index (χ4v) is 1.70. The predicted octanol–water partition coefficient (Wildman–Crippen LogP) is 2.86. The monoisotopic (exact) mass is 193 g/mol. The van der Waals surface area contributed by atoms with Crippen LogP contribution in [0.1, 0.15) is 44.1 Å². The second-order valence-electron chi connectivity index (χ2n) is 3.78. The summed E-state index contributed by atoms with van der Waals surface area (Å²) in [6.07, 6.45) is 3.33. The maximum absolute atomic E-state index is 10.0. The van der Waals surface area contributed by atoms with Gasteiger partial charge in [-0.2, -0.15) is 0 Å². The van der Waals surface area contributed by atoms with Crippen molar-refractivity contribution in [2.75, 3.05) is 0 Å². The van der Waals surface area contributed by atoms with E-state index in [1.54, 1.807) is 6.20 Å². The second kappa shape index (κ2) is 5.11. The molecule has 0 saturated heterocycles. The third-order valence-electron chi connectivity index (χ3n) is 2.73. The first-order valence-electron chi connectivity index (χ1n) is 5.29. The summed E-state index contributed by atoms with van der Waals surface area (Å²) in [5, 5.41) is 10.0. The van der Waals surface area contributed by atoms with Gasteiger partial charge in [0.15, 0.2) is 0 Å². The van der Waals surface area contributed by atoms with E-state index in [0.717, 1.165) is 24.1 Å². The maximum Gasteiger partial charge on any atom is 0.0987 e. The number of pyridine rings is 1. The number of hydrogen-bond donors (Lipinski definition) is 1. The van der Waals surface area contributed by atoms with Crippen LogP contribution in [0, 0.1) is 12.8 Å². The SMILES string of the molecule is CCC(CC)C(O)c1cc(C)ccn1. The lowest BCUT2D eigenvalue weighted by atomic mass is 9.94. The van der Waals surface area contributed by atoms with Gasteiger partial charge in [-0.05, 0) is 30.5 Å². The molecule has 0 aromatic carbocycles. The summed E-state index contributed by atoms with van der Waals surface area (Å²) in [6, 6.07) is 3.91. The molecule has 1 unspecified atom stereocenters. The van der Waals surface area contributed by atoms with Crippen LogP contribution in [0.5, 0.6) is 0 Å². The maximum atomic E-state index is 10.0. The van der Waals surface area contributed by atoms with E-state index in [1.165, 1.54) is 0 Å². The smallest absolute Gasteiger partial charge is 0.0987 e. The van der Waals surface area contributed by atoms with E-state index >= 15 is 0 Å². The van der Waals surface area contributed by atoms with Gasteiger partial charge in [-0.15, -0.1) is 0 Å². The third-order valence-corrected chi connectivity index (χ3v) is 2.73. The molecule has 0 saturated carbocycles. The molecule has 0 spiro atoms. The van der Waals surface area contributed by atoms with Crippen LogP contribution < -0.4 is 0 Å². The van der Waals surface area contributed by atoms with Crippen LogP contribution in [0.15, 0.2) is 18.3 Å². The highest BCUT2D eigenvalue weighted by Crippen LogP contribution is 2.25. The molecule has 0 radical (unpaired) electrons. The van der Waals surface area contributed by atoms with Gasteiger partial charge in [0.1, 0.15) is 0 Å². The minimum Gasteiger partial charge on any atom is -0.387 e. The number of aryl methyl sites for hydroxylation is 1. The molecule has 0 aliphatic carbocycles. The Kier molecular flexibility index (Phi) is 4.08. The van der Waals surface area contributed by atoms with E-state index < -0.39 is 6.10 Å². The van der Waals surface area contributed by atoms with Crippen molar-refractivity contribution in [1.29, 1.82) is 0 Å². The first-order valence-corrected chi connectivity index (χ1v) is 5.29. The van der Waals surface area contributed by atoms with Crippen molar-refractivity contribution in [3.05, 3.63) is 29.6 Å². The Hall–Kier alpha value is -0.890. The number of rotatable bonds is 4. The molecule has 0 amide bonds. The lowest BCUT2D eigenvalue weighted by Gasteiger charge is -2.19. The third kappa shape index (κ3) is 2.55. The lowest BCUT2D eigenvalue weighted by Crippen LogP contribution is -2.12. The normalized spacial score (nSPS) is 13.2. The summed E-state index contributed by atoms with van der Waals surface area (Å²) in [4.78, 5) is 4.21. The largest absolute Gasteiger partial charge is 0.387 e. The van der Waals surface area contributed by atoms with Gasteiger partial charge in [0.25, 0.3) is 0 Å². The van der Waals surface area contributed by atoms with Crippen LogP contribution in [0.2, 0.25) is 0 Å². The Bertz CT molecular complexity index is 281. The van der Waals surface area contributed by atoms with Crippen LogP contribution >= 0.6 is 0 Å². The summed E-state index contributed by atoms with van der Waals surface area (Å²) in [7, 11) is 0. The molecule has 1 N–H and O–H groups in total. The van der Waals surface area contributed by atoms with Crippen LogP contribution in [0.3, 0.4) is 0 Å². The zero-order valence-electron chi connectivity index (χ0n) is 9.20. The molecule has 1 aromatic heterocycles. The number of aliphatic hydroxyl groups is 1. The quantitative estimate of drug-likeness (QED) is 0.797. The zero-order valence-corrected chi connectivity index (χ0v) is 9.20. The van der Waals surface area contributed by atoms with E-state index in [1.807, 2.05) is 19.1 Å². The molecule has 0 aliphatic heterocycles. The van der Waals surface area contributed by atoms with Crippen molar-refractivity contribution >= 4 is 0 Å². The molecule has 1 aromatic rings. The fourth-order valence-electron chi connectivity index (χ4n) is 1.70. The summed E-state index contributed by atoms with van der Waals surface area (Å²) < 4.78 is 0. The molecule has 0 bridgehead atoms. The Morgan fingerprint density at radius 2 is 2.00 bits per heavy atom. The second-order valence-corrected chi connectivity index (χ2v) is 3.78. The highest BCUT2D eigenvalue weighted by molar-refractivity contribution is 5.16. The topological polar surface area (TPSA) is 33.1 Å². The van der Waals surface area contributed by atoms with Crippen molar-refractivity contribution in [3.63, 3.8) is 0 Å². The Morgan fingerprint density at radius 1 is 1.36 bits per heavy atom. The van der Waals surface area contributed by atoms with Crippen LogP contribution in [0.4, 0.5) is 0 Å². The molecule has 2 nitrogen and oxygen atoms in total. The van der Waals surface area contributed by atoms with E-state index in [2.05, 4.69) is 18.8 Å². The fraction of sp³-hybridized carbons (Fsp3) is 0.583. The van der Waals surface area contributed by atoms with Gasteiger partial charge in [0.2, 0.25) is 0 Å². The first-order chi connectivity index (χ1) is 6.69. The van der Waals surface area contributed by atoms with E-state index in [4.69, 9.17) is 0 Å². The average molecular weight is 193 g/mol. The van der Waals surface area contributed by atoms with Gasteiger partial charge in [-0.1, -0.05) is 26.7 Å². The lowest BCUT2D eigenvalue weighted by molar-refractivity contribution is 0.0991. The highest BCUT2D eigenvalue weighted by atomic mass is 16.3. The molecule has 78 valence electrons. The van der Waals surface area contributed by atoms with E-state index in [9.17, 15) is 5.11 Å². The molecule has 14 heavy (non-hydrogen) atoms. The molecular weight excluding hydrogens is 174 g/mol. The summed E-state index contributed by atoms with van der Waals surface area (Å²) in [5.41, 5.74) is 1.96. The van der Waals surface area contributed by atoms with Gasteiger partial charge in [-0.3, -0.25) is 4.98 Å². The van der Waals surface area contributed by atoms with Crippen molar-refractivity contribution in [2.45, 2.75) is 39.7 Å². The first kappa shape index (κ1) is 11.2. The summed E-state index contributed by atoms with van der Waals surface area (Å²) in [6.45, 7) is 6.23. The number of nitrogens with zero attached hydrogens (tertiary/aromatic N) is 1. The highest BCUT2D eigenvalue weighted by Gasteiger charge is 2.18. The molecule has 1 heterocycles. The van der Waals surface area contributed by atoms with Crippen LogP contribution in [0.25, 0.3) is 0 Å². The van der Waals surface area contributed by atoms with Crippen molar-refractivity contribution < 1.29 is 5.11 Å². The Morgan fingerprint density at radius 3 is 2.50 bits per heavy atom. The van der Waals surface area contributed by atoms with Gasteiger partial charge in [-0.25, -0.2) is 0 Å². The molecule has 0 fully saturated rings. The van der Waals surface area contributed by atoms with Crippen LogP contribution in [-0.2, 0) is 0 Å². The Labute approximate surface area is 86.0 Å². The average Bonchev–Trinajstić information content (AvgIpc) is 2.19. The van der Waals surface area contributed by atoms with Crippen molar-refractivity contribution in [3.8, 4) is 0 Å². The summed E-state index contributed by atoms with van der Waals surface area (Å²) >= 11 is 0. The Balaban J connectivity index is 2.82. The molecular formula is C12H19NO. The van der Waals surface area contributed by atoms with Crippen molar-refractivity contribution in [1.82, 2.24) is 4.98 Å². The number of hydrogen-bond acceptors (Lipinski definition) is 2. The van der Waals surface area contributed by atoms with Crippen LogP contribution in [-0.4, -0.2) is 10.1 Å².